The van der Waals surface area contributed by atoms with Crippen LogP contribution in [0.4, 0.5) is 4.39 Å². The molecule has 6 nitrogen and oxygen atoms in total. The first-order chi connectivity index (χ1) is 11.8. The maximum atomic E-state index is 14.6. The van der Waals surface area contributed by atoms with Crippen LogP contribution in [0.15, 0.2) is 29.3 Å². The number of aliphatic hydroxyl groups is 1. The quantitative estimate of drug-likeness (QED) is 0.777. The molecule has 0 bridgehead atoms. The van der Waals surface area contributed by atoms with E-state index < -0.39 is 11.4 Å². The molecule has 3 heterocycles. The molecule has 4 rings (SSSR count). The highest BCUT2D eigenvalue weighted by Gasteiger charge is 2.25. The van der Waals surface area contributed by atoms with Crippen LogP contribution < -0.4 is 5.56 Å². The molecule has 130 valence electrons. The minimum absolute atomic E-state index is 0.154. The summed E-state index contributed by atoms with van der Waals surface area (Å²) in [6, 6.07) is 3.17. The third-order valence-electron chi connectivity index (χ3n) is 4.74. The van der Waals surface area contributed by atoms with Crippen molar-refractivity contribution in [2.45, 2.75) is 45.4 Å². The summed E-state index contributed by atoms with van der Waals surface area (Å²) in [5, 5.41) is 10.3. The Balaban J connectivity index is 1.90. The number of hydrogen-bond donors (Lipinski definition) is 1. The van der Waals surface area contributed by atoms with Crippen LogP contribution in [0.25, 0.3) is 22.0 Å². The molecule has 0 fully saturated rings. The maximum absolute atomic E-state index is 14.6. The Kier molecular flexibility index (Phi) is 3.34. The SMILES string of the molecule is C[C@H]1CCn2c(=O)c3cc(F)c(-c4cnc(C(C)(C)O)nc4)cc3n21. The van der Waals surface area contributed by atoms with E-state index in [1.807, 2.05) is 11.6 Å². The van der Waals surface area contributed by atoms with Crippen LogP contribution in [0, 0.1) is 5.82 Å². The molecule has 7 heteroatoms. The second-order valence-corrected chi connectivity index (χ2v) is 7.11. The van der Waals surface area contributed by atoms with Gasteiger partial charge in [-0.25, -0.2) is 19.0 Å². The van der Waals surface area contributed by atoms with Gasteiger partial charge >= 0.3 is 0 Å². The zero-order chi connectivity index (χ0) is 17.9. The predicted octanol–water partition coefficient (Wildman–Crippen LogP) is 2.59. The van der Waals surface area contributed by atoms with Gasteiger partial charge in [0.15, 0.2) is 5.82 Å². The summed E-state index contributed by atoms with van der Waals surface area (Å²) in [4.78, 5) is 20.7. The molecule has 0 amide bonds. The van der Waals surface area contributed by atoms with Crippen LogP contribution in [0.1, 0.15) is 39.1 Å². The molecule has 3 aromatic rings. The van der Waals surface area contributed by atoms with E-state index in [9.17, 15) is 14.3 Å². The molecular weight excluding hydrogens is 323 g/mol. The zero-order valence-corrected chi connectivity index (χ0v) is 14.3. The van der Waals surface area contributed by atoms with E-state index in [-0.39, 0.29) is 17.4 Å². The van der Waals surface area contributed by atoms with Gasteiger partial charge in [-0.1, -0.05) is 0 Å². The third kappa shape index (κ3) is 2.38. The molecule has 0 saturated heterocycles. The molecule has 2 aromatic heterocycles. The highest BCUT2D eigenvalue weighted by molar-refractivity contribution is 5.85. The van der Waals surface area contributed by atoms with Crippen molar-refractivity contribution in [3.05, 3.63) is 46.5 Å². The lowest BCUT2D eigenvalue weighted by Gasteiger charge is -2.15. The van der Waals surface area contributed by atoms with Gasteiger partial charge in [-0.2, -0.15) is 0 Å². The topological polar surface area (TPSA) is 72.9 Å². The van der Waals surface area contributed by atoms with Crippen LogP contribution in [-0.2, 0) is 12.1 Å². The molecule has 0 spiro atoms. The van der Waals surface area contributed by atoms with Gasteiger partial charge in [0.25, 0.3) is 5.56 Å². The number of fused-ring (bicyclic) bond motifs is 3. The Morgan fingerprint density at radius 3 is 2.60 bits per heavy atom. The van der Waals surface area contributed by atoms with Gasteiger partial charge in [0.1, 0.15) is 11.4 Å². The monoisotopic (exact) mass is 342 g/mol. The largest absolute Gasteiger partial charge is 0.382 e. The molecule has 0 radical (unpaired) electrons. The number of halogens is 1. The molecule has 0 saturated carbocycles. The van der Waals surface area contributed by atoms with Crippen molar-refractivity contribution < 1.29 is 9.50 Å². The number of rotatable bonds is 2. The summed E-state index contributed by atoms with van der Waals surface area (Å²) < 4.78 is 18.2. The second kappa shape index (κ2) is 5.23. The van der Waals surface area contributed by atoms with E-state index in [2.05, 4.69) is 9.97 Å². The normalized spacial score (nSPS) is 17.2. The van der Waals surface area contributed by atoms with Crippen molar-refractivity contribution in [2.75, 3.05) is 0 Å². The summed E-state index contributed by atoms with van der Waals surface area (Å²) in [7, 11) is 0. The van der Waals surface area contributed by atoms with E-state index in [1.54, 1.807) is 24.6 Å². The molecule has 1 aliphatic heterocycles. The van der Waals surface area contributed by atoms with Crippen LogP contribution >= 0.6 is 0 Å². The van der Waals surface area contributed by atoms with Gasteiger partial charge in [-0.05, 0) is 39.3 Å². The van der Waals surface area contributed by atoms with Gasteiger partial charge < -0.3 is 5.11 Å². The minimum atomic E-state index is -1.16. The molecular formula is C18H19FN4O2. The summed E-state index contributed by atoms with van der Waals surface area (Å²) >= 11 is 0. The van der Waals surface area contributed by atoms with Crippen molar-refractivity contribution >= 4 is 10.9 Å². The highest BCUT2D eigenvalue weighted by Crippen LogP contribution is 2.31. The Morgan fingerprint density at radius 2 is 1.96 bits per heavy atom. The van der Waals surface area contributed by atoms with Gasteiger partial charge in [0.05, 0.1) is 10.9 Å². The fraction of sp³-hybridized carbons (Fsp3) is 0.389. The van der Waals surface area contributed by atoms with Crippen LogP contribution in [0.2, 0.25) is 0 Å². The molecule has 0 aliphatic carbocycles. The highest BCUT2D eigenvalue weighted by atomic mass is 19.1. The summed E-state index contributed by atoms with van der Waals surface area (Å²) in [5.74, 6) is -0.214. The Morgan fingerprint density at radius 1 is 1.28 bits per heavy atom. The fourth-order valence-corrected chi connectivity index (χ4v) is 3.41. The number of aromatic nitrogens is 4. The Bertz CT molecular complexity index is 1030. The van der Waals surface area contributed by atoms with Crippen molar-refractivity contribution in [3.63, 3.8) is 0 Å². The predicted molar refractivity (Wildman–Crippen MR) is 91.8 cm³/mol. The second-order valence-electron chi connectivity index (χ2n) is 7.11. The molecule has 1 aromatic carbocycles. The van der Waals surface area contributed by atoms with E-state index in [0.717, 1.165) is 11.9 Å². The van der Waals surface area contributed by atoms with Gasteiger partial charge in [0.2, 0.25) is 0 Å². The third-order valence-corrected chi connectivity index (χ3v) is 4.74. The molecule has 1 atom stereocenters. The van der Waals surface area contributed by atoms with E-state index in [4.69, 9.17) is 0 Å². The van der Waals surface area contributed by atoms with Crippen molar-refractivity contribution in [3.8, 4) is 11.1 Å². The summed E-state index contributed by atoms with van der Waals surface area (Å²) in [5.41, 5.74) is 0.254. The lowest BCUT2D eigenvalue weighted by Crippen LogP contribution is -2.19. The van der Waals surface area contributed by atoms with E-state index in [0.29, 0.717) is 23.1 Å². The average Bonchev–Trinajstić information content (AvgIpc) is 3.06. The standard InChI is InChI=1S/C18H19FN4O2/c1-10-4-5-22-16(24)13-6-14(19)12(7-15(13)23(10)22)11-8-20-17(21-9-11)18(2,3)25/h6-10,25H,4-5H2,1-3H3/t10-/m0/s1. The number of nitrogens with zero attached hydrogens (tertiary/aromatic N) is 4. The summed E-state index contributed by atoms with van der Waals surface area (Å²) in [6.45, 7) is 5.88. The van der Waals surface area contributed by atoms with Gasteiger partial charge in [-0.3, -0.25) is 9.48 Å². The molecule has 0 unspecified atom stereocenters. The van der Waals surface area contributed by atoms with Crippen LogP contribution in [-0.4, -0.2) is 24.4 Å². The van der Waals surface area contributed by atoms with Gasteiger partial charge in [0, 0.05) is 36.1 Å². The first kappa shape index (κ1) is 16.0. The number of hydrogen-bond acceptors (Lipinski definition) is 4. The average molecular weight is 342 g/mol. The fourth-order valence-electron chi connectivity index (χ4n) is 3.41. The van der Waals surface area contributed by atoms with Crippen LogP contribution in [0.3, 0.4) is 0 Å². The first-order valence-electron chi connectivity index (χ1n) is 8.27. The van der Waals surface area contributed by atoms with Gasteiger partial charge in [-0.15, -0.1) is 0 Å². The molecule has 25 heavy (non-hydrogen) atoms. The zero-order valence-electron chi connectivity index (χ0n) is 14.3. The first-order valence-corrected chi connectivity index (χ1v) is 8.27. The van der Waals surface area contributed by atoms with Crippen LogP contribution in [0.5, 0.6) is 0 Å². The summed E-state index contributed by atoms with van der Waals surface area (Å²) in [6.07, 6.45) is 3.88. The maximum Gasteiger partial charge on any atom is 0.274 e. The minimum Gasteiger partial charge on any atom is -0.382 e. The lowest BCUT2D eigenvalue weighted by atomic mass is 10.1. The van der Waals surface area contributed by atoms with E-state index >= 15 is 0 Å². The van der Waals surface area contributed by atoms with Crippen molar-refractivity contribution in [1.82, 2.24) is 19.3 Å². The Labute approximate surface area is 143 Å². The smallest absolute Gasteiger partial charge is 0.274 e. The molecule has 1 N–H and O–H groups in total. The van der Waals surface area contributed by atoms with E-state index in [1.165, 1.54) is 18.5 Å². The van der Waals surface area contributed by atoms with Crippen molar-refractivity contribution in [2.24, 2.45) is 0 Å². The van der Waals surface area contributed by atoms with Crippen molar-refractivity contribution in [1.29, 1.82) is 0 Å². The Hall–Kier alpha value is -2.54. The number of benzene rings is 1. The molecule has 1 aliphatic rings. The lowest BCUT2D eigenvalue weighted by molar-refractivity contribution is 0.0687.